The SMILES string of the molecule is CC[C@H]1OC(=O)C(C)(O)C(=O)[C@H](C)[C@@H](O[C@@H]2O[C@H](C)C[C@H](N(C)C)[C@H]2O)[C@](C)(OC)C[C@@H](C)C(=O)[C@H](C)[C@H]2N(CCCCn3cnc(-c4cccnc4)c3)C(=O)O[C@]12C. The predicted molar refractivity (Wildman–Crippen MR) is 216 cm³/mol. The molecule has 0 saturated carbocycles. The van der Waals surface area contributed by atoms with E-state index in [1.165, 1.54) is 14.0 Å². The van der Waals surface area contributed by atoms with Gasteiger partial charge in [-0.15, -0.1) is 0 Å². The molecule has 0 aliphatic carbocycles. The average Bonchev–Trinajstić information content (AvgIpc) is 3.78. The molecule has 16 heteroatoms. The summed E-state index contributed by atoms with van der Waals surface area (Å²) in [4.78, 5) is 69.1. The molecule has 3 fully saturated rings. The van der Waals surface area contributed by atoms with E-state index in [9.17, 15) is 29.4 Å². The third-order valence-corrected chi connectivity index (χ3v) is 12.9. The first-order valence-electron chi connectivity index (χ1n) is 20.8. The number of ketones is 2. The minimum atomic E-state index is -2.68. The highest BCUT2D eigenvalue weighted by molar-refractivity contribution is 6.07. The number of rotatable bonds is 11. The van der Waals surface area contributed by atoms with Gasteiger partial charge >= 0.3 is 12.1 Å². The number of cyclic esters (lactones) is 1. The van der Waals surface area contributed by atoms with E-state index in [0.717, 1.165) is 18.2 Å². The molecule has 13 atom stereocenters. The van der Waals surface area contributed by atoms with Crippen molar-refractivity contribution in [1.29, 1.82) is 0 Å². The van der Waals surface area contributed by atoms with Crippen molar-refractivity contribution in [3.8, 4) is 11.3 Å². The molecule has 0 radical (unpaired) electrons. The number of nitrogens with zero attached hydrogens (tertiary/aromatic N) is 5. The van der Waals surface area contributed by atoms with Gasteiger partial charge < -0.3 is 48.3 Å². The van der Waals surface area contributed by atoms with Crippen LogP contribution in [0, 0.1) is 17.8 Å². The van der Waals surface area contributed by atoms with Gasteiger partial charge in [-0.05, 0) is 86.0 Å². The number of pyridine rings is 1. The molecule has 1 amide bonds. The van der Waals surface area contributed by atoms with Crippen LogP contribution in [0.25, 0.3) is 11.3 Å². The summed E-state index contributed by atoms with van der Waals surface area (Å²) in [6.45, 7) is 13.9. The van der Waals surface area contributed by atoms with Crippen LogP contribution < -0.4 is 0 Å². The van der Waals surface area contributed by atoms with Gasteiger partial charge in [0.05, 0.1) is 35.9 Å². The number of aliphatic hydroxyl groups excluding tert-OH is 1. The number of aryl methyl sites for hydroxylation is 1. The zero-order valence-electron chi connectivity index (χ0n) is 36.5. The van der Waals surface area contributed by atoms with Crippen LogP contribution in [0.15, 0.2) is 37.1 Å². The number of amides is 1. The van der Waals surface area contributed by atoms with E-state index < -0.39 is 83.0 Å². The molecule has 2 aromatic heterocycles. The lowest BCUT2D eigenvalue weighted by Gasteiger charge is -2.47. The molecule has 3 aliphatic rings. The molecular formula is C43H65N5O11. The smallest absolute Gasteiger partial charge is 0.410 e. The zero-order valence-corrected chi connectivity index (χ0v) is 36.5. The summed E-state index contributed by atoms with van der Waals surface area (Å²) in [6.07, 6.45) is 3.40. The molecule has 16 nitrogen and oxygen atoms in total. The van der Waals surface area contributed by atoms with Crippen LogP contribution in [0.5, 0.6) is 0 Å². The van der Waals surface area contributed by atoms with Gasteiger partial charge in [0, 0.05) is 68.1 Å². The number of aromatic nitrogens is 3. The van der Waals surface area contributed by atoms with Crippen molar-refractivity contribution in [1.82, 2.24) is 24.3 Å². The highest BCUT2D eigenvalue weighted by Crippen LogP contribution is 2.43. The van der Waals surface area contributed by atoms with Crippen LogP contribution in [0.4, 0.5) is 4.79 Å². The molecule has 0 spiro atoms. The molecule has 5 heterocycles. The minimum Gasteiger partial charge on any atom is -0.456 e. The molecule has 3 aliphatic heterocycles. The number of methoxy groups -OCH3 is 1. The van der Waals surface area contributed by atoms with Crippen molar-refractivity contribution < 1.29 is 53.1 Å². The Hall–Kier alpha value is -3.80. The van der Waals surface area contributed by atoms with Crippen LogP contribution in [0.2, 0.25) is 0 Å². The number of carbonyl (C=O) groups is 4. The summed E-state index contributed by atoms with van der Waals surface area (Å²) in [6, 6.07) is 2.57. The summed E-state index contributed by atoms with van der Waals surface area (Å²) < 4.78 is 32.8. The molecule has 328 valence electrons. The van der Waals surface area contributed by atoms with Gasteiger partial charge in [-0.2, -0.15) is 0 Å². The number of hydrogen-bond acceptors (Lipinski definition) is 14. The molecule has 2 N–H and O–H groups in total. The number of unbranched alkanes of at least 4 members (excludes halogenated alkanes) is 1. The number of esters is 1. The molecule has 1 unspecified atom stereocenters. The number of likely N-dealkylation sites (N-methyl/N-ethyl adjacent to an activating group) is 1. The van der Waals surface area contributed by atoms with Crippen molar-refractivity contribution in [3.63, 3.8) is 0 Å². The van der Waals surface area contributed by atoms with Crippen molar-refractivity contribution in [3.05, 3.63) is 37.1 Å². The fraction of sp³-hybridized carbons (Fsp3) is 0.721. The number of ether oxygens (including phenoxy) is 5. The third-order valence-electron chi connectivity index (χ3n) is 12.9. The van der Waals surface area contributed by atoms with E-state index in [1.807, 2.05) is 48.8 Å². The second-order valence-electron chi connectivity index (χ2n) is 17.6. The zero-order chi connectivity index (χ0) is 43.6. The lowest BCUT2D eigenvalue weighted by atomic mass is 9.73. The summed E-state index contributed by atoms with van der Waals surface area (Å²) >= 11 is 0. The number of aliphatic hydroxyl groups is 2. The Morgan fingerprint density at radius 3 is 2.36 bits per heavy atom. The lowest BCUT2D eigenvalue weighted by Crippen LogP contribution is -2.62. The fourth-order valence-electron chi connectivity index (χ4n) is 9.45. The van der Waals surface area contributed by atoms with E-state index in [1.54, 1.807) is 58.2 Å². The van der Waals surface area contributed by atoms with Gasteiger partial charge in [0.15, 0.2) is 17.7 Å². The van der Waals surface area contributed by atoms with E-state index in [2.05, 4.69) is 9.97 Å². The molecule has 3 saturated heterocycles. The molecule has 0 bridgehead atoms. The Morgan fingerprint density at radius 1 is 1.03 bits per heavy atom. The maximum absolute atomic E-state index is 14.7. The van der Waals surface area contributed by atoms with E-state index in [4.69, 9.17) is 23.7 Å². The highest BCUT2D eigenvalue weighted by atomic mass is 16.7. The van der Waals surface area contributed by atoms with Crippen LogP contribution >= 0.6 is 0 Å². The van der Waals surface area contributed by atoms with Gasteiger partial charge in [0.1, 0.15) is 18.0 Å². The van der Waals surface area contributed by atoms with Gasteiger partial charge in [0.2, 0.25) is 5.60 Å². The minimum absolute atomic E-state index is 0.0401. The van der Waals surface area contributed by atoms with Crippen LogP contribution in [-0.4, -0.2) is 146 Å². The Balaban J connectivity index is 1.46. The molecular weight excluding hydrogens is 762 g/mol. The average molecular weight is 828 g/mol. The molecule has 5 rings (SSSR count). The molecule has 59 heavy (non-hydrogen) atoms. The van der Waals surface area contributed by atoms with Crippen molar-refractivity contribution in [2.24, 2.45) is 17.8 Å². The summed E-state index contributed by atoms with van der Waals surface area (Å²) in [5, 5.41) is 23.2. The number of imidazole rings is 1. The van der Waals surface area contributed by atoms with E-state index in [0.29, 0.717) is 25.8 Å². The van der Waals surface area contributed by atoms with E-state index >= 15 is 0 Å². The Morgan fingerprint density at radius 2 is 1.73 bits per heavy atom. The number of hydrogen-bond donors (Lipinski definition) is 2. The number of Topliss-reactive ketones (excluding diaryl/α,β-unsaturated/α-hetero) is 2. The largest absolute Gasteiger partial charge is 0.456 e. The van der Waals surface area contributed by atoms with Crippen molar-refractivity contribution in [2.75, 3.05) is 27.7 Å². The Labute approximate surface area is 347 Å². The second kappa shape index (κ2) is 18.4. The third kappa shape index (κ3) is 9.42. The van der Waals surface area contributed by atoms with E-state index in [-0.39, 0.29) is 37.3 Å². The first-order chi connectivity index (χ1) is 27.7. The van der Waals surface area contributed by atoms with Gasteiger partial charge in [0.25, 0.3) is 0 Å². The van der Waals surface area contributed by atoms with Crippen molar-refractivity contribution >= 4 is 23.6 Å². The second-order valence-corrected chi connectivity index (χ2v) is 17.6. The van der Waals surface area contributed by atoms with Crippen LogP contribution in [0.3, 0.4) is 0 Å². The lowest BCUT2D eigenvalue weighted by molar-refractivity contribution is -0.295. The summed E-state index contributed by atoms with van der Waals surface area (Å²) in [5.74, 6) is -5.13. The quantitative estimate of drug-likeness (QED) is 0.187. The van der Waals surface area contributed by atoms with Crippen LogP contribution in [0.1, 0.15) is 87.5 Å². The molecule has 0 aromatic carbocycles. The van der Waals surface area contributed by atoms with Gasteiger partial charge in [-0.1, -0.05) is 27.7 Å². The maximum atomic E-state index is 14.7. The Bertz CT molecular complexity index is 1790. The summed E-state index contributed by atoms with van der Waals surface area (Å²) in [5.41, 5.74) is -3.91. The highest BCUT2D eigenvalue weighted by Gasteiger charge is 2.61. The maximum Gasteiger partial charge on any atom is 0.410 e. The van der Waals surface area contributed by atoms with Crippen molar-refractivity contribution in [2.45, 2.75) is 154 Å². The van der Waals surface area contributed by atoms with Crippen LogP contribution in [-0.2, 0) is 44.6 Å². The molecule has 2 aromatic rings. The Kier molecular flexibility index (Phi) is 14.5. The van der Waals surface area contributed by atoms with Gasteiger partial charge in [-0.25, -0.2) is 14.6 Å². The normalized spacial score (nSPS) is 37.6. The number of carbonyl (C=O) groups excluding carboxylic acids is 4. The fourth-order valence-corrected chi connectivity index (χ4v) is 9.45. The topological polar surface area (TPSA) is 192 Å². The number of fused-ring (bicyclic) bond motifs is 1. The monoisotopic (exact) mass is 827 g/mol. The first kappa shape index (κ1) is 46.3. The standard InChI is InChI=1S/C43H65N5O11/c1-12-32-43(8)35(48(40(53)59-43)19-14-13-18-47-23-30(45-24-47)29-16-15-17-44-22-29)27(4)33(49)25(2)21-41(6,55-11)37(28(5)36(51)42(7,54)39(52)57-32)58-38-34(50)31(46(9)10)20-26(3)56-38/h15-17,22-28,31-32,34-35,37-38,50,54H,12-14,18-21H2,1-11H3/t25-,26-,27+,28+,31+,32-,34-,35-,37-,38+,41-,42?,43-/m1/s1. The summed E-state index contributed by atoms with van der Waals surface area (Å²) in [7, 11) is 5.12. The first-order valence-corrected chi connectivity index (χ1v) is 20.8. The predicted octanol–water partition coefficient (Wildman–Crippen LogP) is 4.04. The van der Waals surface area contributed by atoms with Gasteiger partial charge in [-0.3, -0.25) is 14.6 Å².